The predicted molar refractivity (Wildman–Crippen MR) is 136 cm³/mol. The Morgan fingerprint density at radius 3 is 2.00 bits per heavy atom. The van der Waals surface area contributed by atoms with Gasteiger partial charge >= 0.3 is 6.09 Å². The van der Waals surface area contributed by atoms with E-state index in [0.29, 0.717) is 6.54 Å². The van der Waals surface area contributed by atoms with Crippen molar-refractivity contribution < 1.29 is 19.1 Å². The van der Waals surface area contributed by atoms with E-state index in [0.717, 1.165) is 24.0 Å². The third-order valence-corrected chi connectivity index (χ3v) is 5.09. The Kier molecular flexibility index (Phi) is 10.6. The van der Waals surface area contributed by atoms with Crippen molar-refractivity contribution in [1.82, 2.24) is 15.5 Å². The Hall–Kier alpha value is -2.57. The van der Waals surface area contributed by atoms with E-state index in [1.165, 1.54) is 0 Å². The van der Waals surface area contributed by atoms with Crippen LogP contribution in [0.15, 0.2) is 24.3 Å². The third kappa shape index (κ3) is 9.74. The topological polar surface area (TPSA) is 87.7 Å². The predicted octanol–water partition coefficient (Wildman–Crippen LogP) is 5.13. The maximum Gasteiger partial charge on any atom is 0.408 e. The summed E-state index contributed by atoms with van der Waals surface area (Å²) in [5.41, 5.74) is 0.646. The largest absolute Gasteiger partial charge is 0.444 e. The monoisotopic (exact) mass is 475 g/mol. The van der Waals surface area contributed by atoms with Crippen LogP contribution in [-0.2, 0) is 14.3 Å². The molecule has 0 aliphatic heterocycles. The Morgan fingerprint density at radius 1 is 1.00 bits per heavy atom. The molecule has 2 unspecified atom stereocenters. The Morgan fingerprint density at radius 2 is 1.56 bits per heavy atom. The number of nitrogens with one attached hydrogen (secondary N) is 2. The first-order valence-corrected chi connectivity index (χ1v) is 12.2. The highest BCUT2D eigenvalue weighted by molar-refractivity contribution is 5.92. The van der Waals surface area contributed by atoms with Gasteiger partial charge in [-0.25, -0.2) is 4.79 Å². The van der Waals surface area contributed by atoms with Gasteiger partial charge < -0.3 is 20.3 Å². The van der Waals surface area contributed by atoms with Crippen LogP contribution in [0, 0.1) is 12.8 Å². The van der Waals surface area contributed by atoms with Gasteiger partial charge in [-0.05, 0) is 66.4 Å². The highest BCUT2D eigenvalue weighted by Gasteiger charge is 2.38. The lowest BCUT2D eigenvalue weighted by Crippen LogP contribution is -2.56. The number of unbranched alkanes of at least 4 members (excludes halogenated alkanes) is 1. The number of ether oxygens (including phenoxy) is 1. The van der Waals surface area contributed by atoms with E-state index in [2.05, 4.69) is 10.6 Å². The fraction of sp³-hybridized carbons (Fsp3) is 0.667. The van der Waals surface area contributed by atoms with Crippen LogP contribution in [0.2, 0.25) is 0 Å². The Bertz CT molecular complexity index is 820. The lowest BCUT2D eigenvalue weighted by molar-refractivity contribution is -0.144. The number of hydrogen-bond acceptors (Lipinski definition) is 4. The summed E-state index contributed by atoms with van der Waals surface area (Å²) in [5, 5.41) is 5.79. The van der Waals surface area contributed by atoms with Gasteiger partial charge in [-0.3, -0.25) is 9.59 Å². The van der Waals surface area contributed by atoms with Crippen molar-refractivity contribution in [1.29, 1.82) is 0 Å². The molecule has 0 aromatic heterocycles. The number of nitrogens with zero attached hydrogens (tertiary/aromatic N) is 1. The van der Waals surface area contributed by atoms with Gasteiger partial charge in [0.1, 0.15) is 17.7 Å². The quantitative estimate of drug-likeness (QED) is 0.518. The molecule has 1 aromatic rings. The van der Waals surface area contributed by atoms with E-state index in [1.807, 2.05) is 72.7 Å². The fourth-order valence-corrected chi connectivity index (χ4v) is 3.48. The molecule has 7 nitrogen and oxygen atoms in total. The van der Waals surface area contributed by atoms with Crippen molar-refractivity contribution in [2.75, 3.05) is 6.54 Å². The Balaban J connectivity index is 3.45. The van der Waals surface area contributed by atoms with Gasteiger partial charge in [0.25, 0.3) is 0 Å². The summed E-state index contributed by atoms with van der Waals surface area (Å²) in [6.07, 6.45) is 0.937. The van der Waals surface area contributed by atoms with Gasteiger partial charge in [-0.1, -0.05) is 57.0 Å². The molecule has 2 atom stereocenters. The number of aryl methyl sites for hydroxylation is 1. The first-order chi connectivity index (χ1) is 15.6. The Labute approximate surface area is 206 Å². The summed E-state index contributed by atoms with van der Waals surface area (Å²) in [6, 6.07) is 6.00. The van der Waals surface area contributed by atoms with Crippen molar-refractivity contribution in [2.45, 2.75) is 105 Å². The van der Waals surface area contributed by atoms with Crippen LogP contribution >= 0.6 is 0 Å². The van der Waals surface area contributed by atoms with Gasteiger partial charge in [0, 0.05) is 12.1 Å². The molecule has 2 N–H and O–H groups in total. The molecule has 0 aliphatic carbocycles. The zero-order valence-corrected chi connectivity index (χ0v) is 22.7. The number of rotatable bonds is 9. The molecule has 192 valence electrons. The summed E-state index contributed by atoms with van der Waals surface area (Å²) in [5.74, 6) is -0.752. The minimum Gasteiger partial charge on any atom is -0.444 e. The molecule has 0 heterocycles. The molecule has 0 radical (unpaired) electrons. The summed E-state index contributed by atoms with van der Waals surface area (Å²) in [4.78, 5) is 41.6. The zero-order valence-electron chi connectivity index (χ0n) is 22.7. The normalized spacial score (nSPS) is 13.7. The number of carbonyl (C=O) groups excluding carboxylic acids is 3. The van der Waals surface area contributed by atoms with E-state index in [4.69, 9.17) is 4.74 Å². The molecule has 0 bridgehead atoms. The summed E-state index contributed by atoms with van der Waals surface area (Å²) < 4.78 is 5.40. The summed E-state index contributed by atoms with van der Waals surface area (Å²) in [6.45, 7) is 19.2. The average Bonchev–Trinajstić information content (AvgIpc) is 2.67. The smallest absolute Gasteiger partial charge is 0.408 e. The molecule has 34 heavy (non-hydrogen) atoms. The molecule has 0 spiro atoms. The van der Waals surface area contributed by atoms with Gasteiger partial charge in [-0.15, -0.1) is 0 Å². The SMILES string of the molecule is CCCCN(C(=O)C(NC(=O)OC(C)(C)C)C(C)C)C(C(=O)NC(C)(C)C)c1ccc(C)cc1. The van der Waals surface area contributed by atoms with E-state index in [9.17, 15) is 14.4 Å². The minimum atomic E-state index is -0.831. The molecule has 1 aromatic carbocycles. The average molecular weight is 476 g/mol. The van der Waals surface area contributed by atoms with Crippen LogP contribution in [0.25, 0.3) is 0 Å². The first kappa shape index (κ1) is 29.5. The van der Waals surface area contributed by atoms with E-state index in [1.54, 1.807) is 25.7 Å². The minimum absolute atomic E-state index is 0.200. The number of amides is 3. The lowest BCUT2D eigenvalue weighted by Gasteiger charge is -2.37. The van der Waals surface area contributed by atoms with Gasteiger partial charge in [0.15, 0.2) is 0 Å². The third-order valence-electron chi connectivity index (χ3n) is 5.09. The van der Waals surface area contributed by atoms with E-state index in [-0.39, 0.29) is 17.7 Å². The summed E-state index contributed by atoms with van der Waals surface area (Å²) in [7, 11) is 0. The van der Waals surface area contributed by atoms with Crippen LogP contribution in [0.3, 0.4) is 0 Å². The highest BCUT2D eigenvalue weighted by Crippen LogP contribution is 2.26. The van der Waals surface area contributed by atoms with Crippen LogP contribution in [0.1, 0.15) is 92.3 Å². The summed E-state index contributed by atoms with van der Waals surface area (Å²) >= 11 is 0. The fourth-order valence-electron chi connectivity index (χ4n) is 3.48. The molecule has 0 saturated carbocycles. The van der Waals surface area contributed by atoms with E-state index >= 15 is 0 Å². The first-order valence-electron chi connectivity index (χ1n) is 12.2. The molecule has 0 aliphatic rings. The van der Waals surface area contributed by atoms with Gasteiger partial charge in [0.2, 0.25) is 11.8 Å². The second-order valence-electron chi connectivity index (χ2n) is 11.3. The van der Waals surface area contributed by atoms with Crippen LogP contribution in [0.5, 0.6) is 0 Å². The van der Waals surface area contributed by atoms with Gasteiger partial charge in [0.05, 0.1) is 0 Å². The molecule has 0 saturated heterocycles. The molecule has 0 fully saturated rings. The maximum atomic E-state index is 13.9. The molecule has 3 amide bonds. The van der Waals surface area contributed by atoms with Crippen molar-refractivity contribution >= 4 is 17.9 Å². The van der Waals surface area contributed by atoms with Crippen molar-refractivity contribution in [3.63, 3.8) is 0 Å². The van der Waals surface area contributed by atoms with Crippen molar-refractivity contribution in [3.05, 3.63) is 35.4 Å². The van der Waals surface area contributed by atoms with Crippen LogP contribution in [0.4, 0.5) is 4.79 Å². The number of alkyl carbamates (subject to hydrolysis) is 1. The number of hydrogen-bond donors (Lipinski definition) is 2. The van der Waals surface area contributed by atoms with E-state index < -0.39 is 29.3 Å². The number of benzene rings is 1. The molecular weight excluding hydrogens is 430 g/mol. The maximum absolute atomic E-state index is 13.9. The molecule has 1 rings (SSSR count). The second-order valence-corrected chi connectivity index (χ2v) is 11.3. The number of carbonyl (C=O) groups is 3. The zero-order chi connectivity index (χ0) is 26.3. The van der Waals surface area contributed by atoms with Crippen molar-refractivity contribution in [3.8, 4) is 0 Å². The van der Waals surface area contributed by atoms with Crippen molar-refractivity contribution in [2.24, 2.45) is 5.92 Å². The standard InChI is InChI=1S/C27H45N3O4/c1-11-12-17-30(24(32)21(18(2)3)28-25(33)34-27(8,9)10)22(23(31)29-26(5,6)7)20-15-13-19(4)14-16-20/h13-16,18,21-22H,11-12,17H2,1-10H3,(H,28,33)(H,29,31). The molecule has 7 heteroatoms. The molecular formula is C27H45N3O4. The van der Waals surface area contributed by atoms with Gasteiger partial charge in [-0.2, -0.15) is 0 Å². The van der Waals surface area contributed by atoms with Crippen LogP contribution in [-0.4, -0.2) is 46.5 Å². The second kappa shape index (κ2) is 12.2. The van der Waals surface area contributed by atoms with Crippen LogP contribution < -0.4 is 10.6 Å². The lowest BCUT2D eigenvalue weighted by atomic mass is 9.97. The highest BCUT2D eigenvalue weighted by atomic mass is 16.6.